The lowest BCUT2D eigenvalue weighted by atomic mass is 9.82. The average Bonchev–Trinajstić information content (AvgIpc) is 3.20. The van der Waals surface area contributed by atoms with Crippen molar-refractivity contribution in [3.8, 4) is 5.75 Å². The number of benzene rings is 1. The van der Waals surface area contributed by atoms with Crippen LogP contribution >= 0.6 is 0 Å². The van der Waals surface area contributed by atoms with Gasteiger partial charge < -0.3 is 9.84 Å². The first-order valence-corrected chi connectivity index (χ1v) is 6.94. The van der Waals surface area contributed by atoms with Crippen LogP contribution in [0.25, 0.3) is 0 Å². The van der Waals surface area contributed by atoms with Crippen molar-refractivity contribution in [3.05, 3.63) is 29.8 Å². The van der Waals surface area contributed by atoms with Gasteiger partial charge in [0.25, 0.3) is 0 Å². The van der Waals surface area contributed by atoms with Gasteiger partial charge in [-0.15, -0.1) is 0 Å². The standard InChI is InChI=1S/C16H22O3/c1-4-16(2,3)12-7-9-13(10-8-12)19-14(15(17)18)11-5-6-11/h7-11,14H,4-6H2,1-3H3,(H,17,18). The maximum atomic E-state index is 11.1. The summed E-state index contributed by atoms with van der Waals surface area (Å²) in [6.07, 6.45) is 2.29. The summed E-state index contributed by atoms with van der Waals surface area (Å²) in [5.74, 6) is -0.0281. The SMILES string of the molecule is CCC(C)(C)c1ccc(OC(C(=O)O)C2CC2)cc1. The normalized spacial score (nSPS) is 17.0. The molecule has 1 aliphatic rings. The molecule has 0 spiro atoms. The van der Waals surface area contributed by atoms with Crippen molar-refractivity contribution >= 4 is 5.97 Å². The van der Waals surface area contributed by atoms with Crippen LogP contribution in [0.4, 0.5) is 0 Å². The molecule has 0 heterocycles. The number of rotatable bonds is 6. The highest BCUT2D eigenvalue weighted by Crippen LogP contribution is 2.35. The van der Waals surface area contributed by atoms with Gasteiger partial charge in [0.2, 0.25) is 0 Å². The summed E-state index contributed by atoms with van der Waals surface area (Å²) in [5.41, 5.74) is 1.39. The maximum Gasteiger partial charge on any atom is 0.345 e. The van der Waals surface area contributed by atoms with Crippen molar-refractivity contribution < 1.29 is 14.6 Å². The number of hydrogen-bond acceptors (Lipinski definition) is 2. The van der Waals surface area contributed by atoms with Gasteiger partial charge in [-0.2, -0.15) is 0 Å². The predicted molar refractivity (Wildman–Crippen MR) is 74.5 cm³/mol. The van der Waals surface area contributed by atoms with Crippen LogP contribution in [0.1, 0.15) is 45.6 Å². The second-order valence-corrected chi connectivity index (χ2v) is 5.98. The molecule has 3 heteroatoms. The molecule has 1 fully saturated rings. The molecular weight excluding hydrogens is 240 g/mol. The largest absolute Gasteiger partial charge is 0.478 e. The van der Waals surface area contributed by atoms with Crippen LogP contribution in [0.3, 0.4) is 0 Å². The Morgan fingerprint density at radius 2 is 1.95 bits per heavy atom. The van der Waals surface area contributed by atoms with Crippen LogP contribution in [0.15, 0.2) is 24.3 Å². The highest BCUT2D eigenvalue weighted by Gasteiger charge is 2.38. The van der Waals surface area contributed by atoms with Crippen molar-refractivity contribution in [3.63, 3.8) is 0 Å². The minimum absolute atomic E-state index is 0.140. The number of carbonyl (C=O) groups is 1. The van der Waals surface area contributed by atoms with E-state index in [0.717, 1.165) is 19.3 Å². The van der Waals surface area contributed by atoms with E-state index in [1.165, 1.54) is 5.56 Å². The van der Waals surface area contributed by atoms with Crippen molar-refractivity contribution in [2.45, 2.75) is 51.6 Å². The van der Waals surface area contributed by atoms with Gasteiger partial charge in [0.1, 0.15) is 5.75 Å². The molecule has 1 atom stereocenters. The van der Waals surface area contributed by atoms with Crippen molar-refractivity contribution in [2.75, 3.05) is 0 Å². The first-order valence-electron chi connectivity index (χ1n) is 6.94. The topological polar surface area (TPSA) is 46.5 Å². The molecule has 104 valence electrons. The molecule has 0 amide bonds. The fraction of sp³-hybridized carbons (Fsp3) is 0.562. The molecule has 0 radical (unpaired) electrons. The third-order valence-electron chi connectivity index (χ3n) is 4.08. The summed E-state index contributed by atoms with van der Waals surface area (Å²) in [6, 6.07) is 7.82. The van der Waals surface area contributed by atoms with Crippen LogP contribution in [0, 0.1) is 5.92 Å². The third-order valence-corrected chi connectivity index (χ3v) is 4.08. The second-order valence-electron chi connectivity index (χ2n) is 5.98. The van der Waals surface area contributed by atoms with E-state index in [-0.39, 0.29) is 11.3 Å². The molecule has 0 saturated heterocycles. The first kappa shape index (κ1) is 13.9. The molecule has 0 aromatic heterocycles. The van der Waals surface area contributed by atoms with E-state index < -0.39 is 12.1 Å². The minimum atomic E-state index is -0.861. The van der Waals surface area contributed by atoms with Crippen molar-refractivity contribution in [1.82, 2.24) is 0 Å². The van der Waals surface area contributed by atoms with Gasteiger partial charge in [0.15, 0.2) is 6.10 Å². The Bertz CT molecular complexity index is 444. The van der Waals surface area contributed by atoms with Gasteiger partial charge in [-0.05, 0) is 42.4 Å². The summed E-state index contributed by atoms with van der Waals surface area (Å²) in [6.45, 7) is 6.57. The lowest BCUT2D eigenvalue weighted by Gasteiger charge is -2.23. The Kier molecular flexibility index (Phi) is 3.83. The van der Waals surface area contributed by atoms with Crippen LogP contribution in [-0.4, -0.2) is 17.2 Å². The molecule has 1 saturated carbocycles. The van der Waals surface area contributed by atoms with E-state index in [9.17, 15) is 4.79 Å². The molecule has 2 rings (SSSR count). The molecule has 1 aliphatic carbocycles. The zero-order valence-electron chi connectivity index (χ0n) is 11.8. The average molecular weight is 262 g/mol. The van der Waals surface area contributed by atoms with Crippen LogP contribution in [-0.2, 0) is 10.2 Å². The van der Waals surface area contributed by atoms with Gasteiger partial charge in [-0.25, -0.2) is 4.79 Å². The van der Waals surface area contributed by atoms with Gasteiger partial charge in [0.05, 0.1) is 0 Å². The molecule has 1 N–H and O–H groups in total. The lowest BCUT2D eigenvalue weighted by molar-refractivity contribution is -0.146. The highest BCUT2D eigenvalue weighted by atomic mass is 16.5. The predicted octanol–water partition coefficient (Wildman–Crippen LogP) is 3.62. The zero-order chi connectivity index (χ0) is 14.0. The summed E-state index contributed by atoms with van der Waals surface area (Å²) >= 11 is 0. The fourth-order valence-corrected chi connectivity index (χ4v) is 2.08. The molecule has 1 aromatic carbocycles. The van der Waals surface area contributed by atoms with E-state index in [1.807, 2.05) is 24.3 Å². The highest BCUT2D eigenvalue weighted by molar-refractivity contribution is 5.73. The molecule has 0 bridgehead atoms. The smallest absolute Gasteiger partial charge is 0.345 e. The molecule has 0 aliphatic heterocycles. The molecule has 19 heavy (non-hydrogen) atoms. The Labute approximate surface area is 114 Å². The number of ether oxygens (including phenoxy) is 1. The van der Waals surface area contributed by atoms with E-state index in [2.05, 4.69) is 20.8 Å². The van der Waals surface area contributed by atoms with Crippen LogP contribution < -0.4 is 4.74 Å². The molecule has 1 aromatic rings. The Hall–Kier alpha value is -1.51. The van der Waals surface area contributed by atoms with E-state index >= 15 is 0 Å². The van der Waals surface area contributed by atoms with Crippen molar-refractivity contribution in [1.29, 1.82) is 0 Å². The third kappa shape index (κ3) is 3.28. The number of hydrogen-bond donors (Lipinski definition) is 1. The quantitative estimate of drug-likeness (QED) is 0.851. The molecular formula is C16H22O3. The fourth-order valence-electron chi connectivity index (χ4n) is 2.08. The van der Waals surface area contributed by atoms with E-state index in [1.54, 1.807) is 0 Å². The van der Waals surface area contributed by atoms with E-state index in [4.69, 9.17) is 9.84 Å². The first-order chi connectivity index (χ1) is 8.94. The van der Waals surface area contributed by atoms with Gasteiger partial charge in [-0.1, -0.05) is 32.9 Å². The van der Waals surface area contributed by atoms with Crippen LogP contribution in [0.2, 0.25) is 0 Å². The second kappa shape index (κ2) is 5.24. The summed E-state index contributed by atoms with van der Waals surface area (Å²) in [7, 11) is 0. The van der Waals surface area contributed by atoms with Crippen LogP contribution in [0.5, 0.6) is 5.75 Å². The number of carboxylic acid groups (broad SMARTS) is 1. The molecule has 3 nitrogen and oxygen atoms in total. The van der Waals surface area contributed by atoms with E-state index in [0.29, 0.717) is 5.75 Å². The van der Waals surface area contributed by atoms with Crippen molar-refractivity contribution in [2.24, 2.45) is 5.92 Å². The van der Waals surface area contributed by atoms with Gasteiger partial charge in [-0.3, -0.25) is 0 Å². The zero-order valence-corrected chi connectivity index (χ0v) is 11.8. The molecule has 1 unspecified atom stereocenters. The summed E-state index contributed by atoms with van der Waals surface area (Å²) in [5, 5.41) is 9.14. The monoisotopic (exact) mass is 262 g/mol. The number of carboxylic acids is 1. The summed E-state index contributed by atoms with van der Waals surface area (Å²) < 4.78 is 5.60. The maximum absolute atomic E-state index is 11.1. The lowest BCUT2D eigenvalue weighted by Crippen LogP contribution is -2.29. The van der Waals surface area contributed by atoms with Gasteiger partial charge >= 0.3 is 5.97 Å². The Morgan fingerprint density at radius 3 is 2.37 bits per heavy atom. The van der Waals surface area contributed by atoms with Gasteiger partial charge in [0, 0.05) is 5.92 Å². The Morgan fingerprint density at radius 1 is 1.37 bits per heavy atom. The Balaban J connectivity index is 2.08. The minimum Gasteiger partial charge on any atom is -0.478 e. The summed E-state index contributed by atoms with van der Waals surface area (Å²) in [4.78, 5) is 11.1. The number of aliphatic carboxylic acids is 1.